The summed E-state index contributed by atoms with van der Waals surface area (Å²) in [6.45, 7) is 7.05. The number of ether oxygens (including phenoxy) is 2. The molecule has 0 saturated carbocycles. The Kier molecular flexibility index (Phi) is 6.51. The van der Waals surface area contributed by atoms with Crippen LogP contribution < -0.4 is 0 Å². The zero-order valence-corrected chi connectivity index (χ0v) is 20.3. The molecule has 0 aromatic carbocycles. The summed E-state index contributed by atoms with van der Waals surface area (Å²) in [7, 11) is 3.15. The van der Waals surface area contributed by atoms with Crippen LogP contribution in [0.5, 0.6) is 0 Å². The predicted octanol–water partition coefficient (Wildman–Crippen LogP) is 2.38. The van der Waals surface area contributed by atoms with Crippen molar-refractivity contribution in [2.45, 2.75) is 55.8 Å². The van der Waals surface area contributed by atoms with Crippen LogP contribution in [0.15, 0.2) is 11.1 Å². The SMILES string of the molecule is COC(=O)[C@H]1COC(=O)N1C1CCN(C(=O)c2cnc3c(c(C)nn3C)c2SC(C)C)CC1. The molecule has 11 heteroatoms. The first-order chi connectivity index (χ1) is 15.7. The van der Waals surface area contributed by atoms with Gasteiger partial charge in [0.15, 0.2) is 11.7 Å². The summed E-state index contributed by atoms with van der Waals surface area (Å²) in [6.07, 6.45) is 2.26. The fraction of sp³-hybridized carbons (Fsp3) is 0.591. The molecule has 2 saturated heterocycles. The number of rotatable bonds is 5. The number of piperidine rings is 1. The van der Waals surface area contributed by atoms with Crippen LogP contribution in [0.2, 0.25) is 0 Å². The number of pyridine rings is 1. The summed E-state index contributed by atoms with van der Waals surface area (Å²) in [4.78, 5) is 46.5. The van der Waals surface area contributed by atoms with Gasteiger partial charge in [-0.25, -0.2) is 14.6 Å². The third-order valence-corrected chi connectivity index (χ3v) is 7.22. The average Bonchev–Trinajstić information content (AvgIpc) is 3.32. The highest BCUT2D eigenvalue weighted by Gasteiger charge is 2.44. The second kappa shape index (κ2) is 9.20. The smallest absolute Gasteiger partial charge is 0.410 e. The van der Waals surface area contributed by atoms with E-state index < -0.39 is 18.1 Å². The Morgan fingerprint density at radius 3 is 2.61 bits per heavy atom. The molecular formula is C22H29N5O5S. The average molecular weight is 476 g/mol. The molecule has 4 heterocycles. The van der Waals surface area contributed by atoms with Crippen LogP contribution in [0.3, 0.4) is 0 Å². The molecule has 2 aromatic heterocycles. The van der Waals surface area contributed by atoms with Crippen molar-refractivity contribution in [3.63, 3.8) is 0 Å². The number of methoxy groups -OCH3 is 1. The zero-order chi connectivity index (χ0) is 23.9. The number of thioether (sulfide) groups is 1. The Hall–Kier alpha value is -2.82. The molecule has 0 N–H and O–H groups in total. The van der Waals surface area contributed by atoms with Gasteiger partial charge >= 0.3 is 12.1 Å². The largest absolute Gasteiger partial charge is 0.467 e. The van der Waals surface area contributed by atoms with Gasteiger partial charge < -0.3 is 14.4 Å². The van der Waals surface area contributed by atoms with E-state index >= 15 is 0 Å². The Morgan fingerprint density at radius 1 is 1.27 bits per heavy atom. The molecule has 2 aliphatic heterocycles. The molecule has 1 atom stereocenters. The van der Waals surface area contributed by atoms with E-state index in [0.717, 1.165) is 21.6 Å². The molecule has 2 aromatic rings. The van der Waals surface area contributed by atoms with Gasteiger partial charge in [0.25, 0.3) is 5.91 Å². The van der Waals surface area contributed by atoms with Crippen molar-refractivity contribution >= 4 is 40.8 Å². The molecular weight excluding hydrogens is 446 g/mol. The topological polar surface area (TPSA) is 107 Å². The Bertz CT molecular complexity index is 1090. The van der Waals surface area contributed by atoms with Gasteiger partial charge in [-0.3, -0.25) is 14.4 Å². The van der Waals surface area contributed by atoms with E-state index in [1.807, 2.05) is 14.0 Å². The molecule has 178 valence electrons. The second-order valence-electron chi connectivity index (χ2n) is 8.62. The quantitative estimate of drug-likeness (QED) is 0.479. The van der Waals surface area contributed by atoms with E-state index in [-0.39, 0.29) is 23.8 Å². The van der Waals surface area contributed by atoms with Gasteiger partial charge in [0, 0.05) is 42.5 Å². The van der Waals surface area contributed by atoms with Gasteiger partial charge in [-0.15, -0.1) is 11.8 Å². The van der Waals surface area contributed by atoms with Crippen LogP contribution in [0.25, 0.3) is 11.0 Å². The highest BCUT2D eigenvalue weighted by atomic mass is 32.2. The predicted molar refractivity (Wildman–Crippen MR) is 122 cm³/mol. The molecule has 33 heavy (non-hydrogen) atoms. The molecule has 0 bridgehead atoms. The molecule has 10 nitrogen and oxygen atoms in total. The maximum atomic E-state index is 13.5. The monoisotopic (exact) mass is 475 g/mol. The van der Waals surface area contributed by atoms with Crippen molar-refractivity contribution in [2.24, 2.45) is 7.05 Å². The number of amides is 2. The number of fused-ring (bicyclic) bond motifs is 1. The van der Waals surface area contributed by atoms with Gasteiger partial charge in [0.05, 0.1) is 23.8 Å². The molecule has 2 amide bonds. The minimum Gasteiger partial charge on any atom is -0.467 e. The van der Waals surface area contributed by atoms with Crippen LogP contribution in [-0.2, 0) is 21.3 Å². The molecule has 0 unspecified atom stereocenters. The number of aryl methyl sites for hydroxylation is 2. The molecule has 0 radical (unpaired) electrons. The van der Waals surface area contributed by atoms with Gasteiger partial charge in [-0.05, 0) is 19.8 Å². The lowest BCUT2D eigenvalue weighted by atomic mass is 10.0. The Labute approximate surface area is 196 Å². The van der Waals surface area contributed by atoms with E-state index in [0.29, 0.717) is 31.5 Å². The summed E-state index contributed by atoms with van der Waals surface area (Å²) < 4.78 is 11.6. The summed E-state index contributed by atoms with van der Waals surface area (Å²) in [5.74, 6) is -0.566. The van der Waals surface area contributed by atoms with Crippen molar-refractivity contribution in [3.8, 4) is 0 Å². The Balaban J connectivity index is 1.55. The number of esters is 1. The van der Waals surface area contributed by atoms with Gasteiger partial charge in [0.1, 0.15) is 6.61 Å². The second-order valence-corrected chi connectivity index (χ2v) is 10.2. The fourth-order valence-electron chi connectivity index (χ4n) is 4.56. The molecule has 0 spiro atoms. The first-order valence-electron chi connectivity index (χ1n) is 11.0. The van der Waals surface area contributed by atoms with Gasteiger partial charge in [-0.1, -0.05) is 13.8 Å². The van der Waals surface area contributed by atoms with Crippen molar-refractivity contribution < 1.29 is 23.9 Å². The first-order valence-corrected chi connectivity index (χ1v) is 11.9. The Morgan fingerprint density at radius 2 is 1.97 bits per heavy atom. The number of carbonyl (C=O) groups excluding carboxylic acids is 3. The van der Waals surface area contributed by atoms with E-state index in [1.54, 1.807) is 27.5 Å². The van der Waals surface area contributed by atoms with E-state index in [4.69, 9.17) is 9.47 Å². The van der Waals surface area contributed by atoms with Crippen LogP contribution in [-0.4, -0.2) is 86.7 Å². The lowest BCUT2D eigenvalue weighted by Gasteiger charge is -2.37. The lowest BCUT2D eigenvalue weighted by Crippen LogP contribution is -2.52. The zero-order valence-electron chi connectivity index (χ0n) is 19.5. The maximum Gasteiger partial charge on any atom is 0.410 e. The van der Waals surface area contributed by atoms with E-state index in [1.165, 1.54) is 12.0 Å². The van der Waals surface area contributed by atoms with E-state index in [9.17, 15) is 14.4 Å². The molecule has 2 aliphatic rings. The molecule has 0 aliphatic carbocycles. The highest BCUT2D eigenvalue weighted by molar-refractivity contribution is 8.00. The van der Waals surface area contributed by atoms with Crippen molar-refractivity contribution in [2.75, 3.05) is 26.8 Å². The van der Waals surface area contributed by atoms with Crippen molar-refractivity contribution in [1.82, 2.24) is 24.6 Å². The number of hydrogen-bond acceptors (Lipinski definition) is 8. The minimum atomic E-state index is -0.732. The van der Waals surface area contributed by atoms with E-state index in [2.05, 4.69) is 23.9 Å². The lowest BCUT2D eigenvalue weighted by molar-refractivity contribution is -0.145. The van der Waals surface area contributed by atoms with Gasteiger partial charge in [0.2, 0.25) is 0 Å². The highest BCUT2D eigenvalue weighted by Crippen LogP contribution is 2.36. The number of nitrogens with zero attached hydrogens (tertiary/aromatic N) is 5. The third-order valence-electron chi connectivity index (χ3n) is 6.09. The van der Waals surface area contributed by atoms with Crippen LogP contribution in [0, 0.1) is 6.92 Å². The summed E-state index contributed by atoms with van der Waals surface area (Å²) in [5.41, 5.74) is 2.17. The van der Waals surface area contributed by atoms with Crippen LogP contribution >= 0.6 is 11.8 Å². The normalized spacial score (nSPS) is 19.5. The molecule has 2 fully saturated rings. The fourth-order valence-corrected chi connectivity index (χ4v) is 5.66. The number of cyclic esters (lactones) is 1. The van der Waals surface area contributed by atoms with Gasteiger partial charge in [-0.2, -0.15) is 5.10 Å². The standard InChI is InChI=1S/C22H29N5O5S/c1-12(2)33-18-15(10-23-19-17(18)13(3)24-25(19)4)20(28)26-8-6-14(7-9-26)27-16(21(29)31-5)11-32-22(27)30/h10,12,14,16H,6-9,11H2,1-5H3/t16-/m1/s1. The minimum absolute atomic E-state index is 0.00339. The maximum absolute atomic E-state index is 13.5. The summed E-state index contributed by atoms with van der Waals surface area (Å²) in [6, 6.07) is -0.914. The molecule has 4 rings (SSSR count). The first kappa shape index (κ1) is 23.3. The summed E-state index contributed by atoms with van der Waals surface area (Å²) >= 11 is 1.64. The number of likely N-dealkylation sites (tertiary alicyclic amines) is 1. The number of carbonyl (C=O) groups is 3. The van der Waals surface area contributed by atoms with Crippen LogP contribution in [0.1, 0.15) is 42.7 Å². The van der Waals surface area contributed by atoms with Crippen LogP contribution in [0.4, 0.5) is 4.79 Å². The number of hydrogen-bond donors (Lipinski definition) is 0. The van der Waals surface area contributed by atoms with Crippen molar-refractivity contribution in [1.29, 1.82) is 0 Å². The van der Waals surface area contributed by atoms with Crippen molar-refractivity contribution in [3.05, 3.63) is 17.5 Å². The number of aromatic nitrogens is 3. The third kappa shape index (κ3) is 4.25. The summed E-state index contributed by atoms with van der Waals surface area (Å²) in [5, 5.41) is 5.69.